The van der Waals surface area contributed by atoms with Gasteiger partial charge in [-0.15, -0.1) is 0 Å². The normalized spacial score (nSPS) is 12.3. The van der Waals surface area contributed by atoms with Crippen LogP contribution in [-0.4, -0.2) is 20.7 Å². The van der Waals surface area contributed by atoms with Crippen LogP contribution >= 0.6 is 0 Å². The summed E-state index contributed by atoms with van der Waals surface area (Å²) in [5.74, 6) is -0.159. The topological polar surface area (TPSA) is 86.0 Å². The van der Waals surface area contributed by atoms with Crippen molar-refractivity contribution < 1.29 is 9.72 Å². The summed E-state index contributed by atoms with van der Waals surface area (Å²) in [5.41, 5.74) is 2.92. The second-order valence-corrected chi connectivity index (χ2v) is 4.73. The third-order valence-electron chi connectivity index (χ3n) is 3.50. The molecule has 0 fully saturated rings. The molecule has 1 heterocycles. The minimum atomic E-state index is -0.479. The lowest BCUT2D eigenvalue weighted by Gasteiger charge is -2.01. The zero-order valence-electron chi connectivity index (χ0n) is 10.6. The van der Waals surface area contributed by atoms with Crippen LogP contribution in [0.1, 0.15) is 16.1 Å². The number of carbonyl (C=O) groups is 1. The van der Waals surface area contributed by atoms with Crippen LogP contribution in [-0.2, 0) is 0 Å². The maximum Gasteiger partial charge on any atom is 0.271 e. The van der Waals surface area contributed by atoms with E-state index < -0.39 is 4.92 Å². The Hall–Kier alpha value is -3.15. The molecule has 1 aromatic heterocycles. The lowest BCUT2D eigenvalue weighted by atomic mass is 10.1. The third-order valence-corrected chi connectivity index (χ3v) is 3.50. The van der Waals surface area contributed by atoms with Gasteiger partial charge in [0.15, 0.2) is 0 Å². The van der Waals surface area contributed by atoms with Crippen molar-refractivity contribution in [1.82, 2.24) is 9.97 Å². The number of nitro benzene ring substituents is 1. The lowest BCUT2D eigenvalue weighted by molar-refractivity contribution is -0.384. The zero-order chi connectivity index (χ0) is 14.6. The molecule has 0 N–H and O–H groups in total. The Morgan fingerprint density at radius 1 is 0.905 bits per heavy atom. The number of benzene rings is 2. The highest BCUT2D eigenvalue weighted by Crippen LogP contribution is 2.35. The molecule has 21 heavy (non-hydrogen) atoms. The quantitative estimate of drug-likeness (QED) is 0.394. The fourth-order valence-electron chi connectivity index (χ4n) is 2.52. The summed E-state index contributed by atoms with van der Waals surface area (Å²) in [7, 11) is 0. The first-order chi connectivity index (χ1) is 10.1. The standard InChI is InChI=1S/C15H7N3O3/c19-15-10-4-2-1-3-9(10)13-14(15)16-11-6-5-8(18(20)21)7-12(11)17-13/h1-7H. The number of carbonyl (C=O) groups excluding carboxylic acids is 1. The summed E-state index contributed by atoms with van der Waals surface area (Å²) in [5, 5.41) is 10.8. The average molecular weight is 277 g/mol. The van der Waals surface area contributed by atoms with Crippen molar-refractivity contribution in [3.63, 3.8) is 0 Å². The van der Waals surface area contributed by atoms with Crippen LogP contribution in [0.4, 0.5) is 5.69 Å². The molecule has 0 bridgehead atoms. The minimum Gasteiger partial charge on any atom is -0.287 e. The van der Waals surface area contributed by atoms with Gasteiger partial charge in [-0.3, -0.25) is 14.9 Å². The van der Waals surface area contributed by atoms with Gasteiger partial charge in [-0.2, -0.15) is 0 Å². The number of aromatic nitrogens is 2. The summed E-state index contributed by atoms with van der Waals surface area (Å²) < 4.78 is 0. The highest BCUT2D eigenvalue weighted by atomic mass is 16.6. The van der Waals surface area contributed by atoms with Gasteiger partial charge in [0, 0.05) is 23.3 Å². The summed E-state index contributed by atoms with van der Waals surface area (Å²) in [4.78, 5) is 31.4. The van der Waals surface area contributed by atoms with Crippen molar-refractivity contribution in [2.24, 2.45) is 0 Å². The van der Waals surface area contributed by atoms with Gasteiger partial charge >= 0.3 is 0 Å². The number of non-ortho nitro benzene ring substituents is 1. The monoisotopic (exact) mass is 277 g/mol. The van der Waals surface area contributed by atoms with Crippen LogP contribution in [0.15, 0.2) is 42.5 Å². The molecule has 1 aliphatic carbocycles. The summed E-state index contributed by atoms with van der Waals surface area (Å²) in [6.07, 6.45) is 0. The van der Waals surface area contributed by atoms with Gasteiger partial charge in [0.1, 0.15) is 11.4 Å². The first kappa shape index (κ1) is 11.7. The van der Waals surface area contributed by atoms with E-state index in [9.17, 15) is 14.9 Å². The van der Waals surface area contributed by atoms with E-state index in [1.54, 1.807) is 18.2 Å². The molecule has 1 aliphatic rings. The predicted molar refractivity (Wildman–Crippen MR) is 75.1 cm³/mol. The van der Waals surface area contributed by atoms with Crippen molar-refractivity contribution in [1.29, 1.82) is 0 Å². The van der Waals surface area contributed by atoms with Gasteiger partial charge < -0.3 is 0 Å². The van der Waals surface area contributed by atoms with Gasteiger partial charge in [0.2, 0.25) is 5.78 Å². The van der Waals surface area contributed by atoms with Crippen molar-refractivity contribution in [2.75, 3.05) is 0 Å². The van der Waals surface area contributed by atoms with Crippen molar-refractivity contribution >= 4 is 22.5 Å². The molecule has 0 spiro atoms. The zero-order valence-corrected chi connectivity index (χ0v) is 10.6. The number of fused-ring (bicyclic) bond motifs is 4. The molecule has 0 aliphatic heterocycles. The molecule has 0 saturated carbocycles. The second kappa shape index (κ2) is 3.92. The highest BCUT2D eigenvalue weighted by Gasteiger charge is 2.29. The van der Waals surface area contributed by atoms with Crippen molar-refractivity contribution in [3.05, 3.63) is 63.8 Å². The van der Waals surface area contributed by atoms with Crippen molar-refractivity contribution in [2.45, 2.75) is 0 Å². The average Bonchev–Trinajstić information content (AvgIpc) is 2.78. The number of rotatable bonds is 1. The number of nitro groups is 1. The van der Waals surface area contributed by atoms with E-state index in [2.05, 4.69) is 9.97 Å². The highest BCUT2D eigenvalue weighted by molar-refractivity contribution is 6.20. The summed E-state index contributed by atoms with van der Waals surface area (Å²) in [6.45, 7) is 0. The van der Waals surface area contributed by atoms with E-state index in [-0.39, 0.29) is 11.5 Å². The Morgan fingerprint density at radius 3 is 2.38 bits per heavy atom. The van der Waals surface area contributed by atoms with E-state index >= 15 is 0 Å². The molecule has 6 nitrogen and oxygen atoms in total. The molecule has 0 amide bonds. The van der Waals surface area contributed by atoms with Gasteiger partial charge in [-0.25, -0.2) is 9.97 Å². The maximum absolute atomic E-state index is 12.3. The molecule has 0 unspecified atom stereocenters. The Kier molecular flexibility index (Phi) is 2.18. The number of hydrogen-bond acceptors (Lipinski definition) is 5. The van der Waals surface area contributed by atoms with Crippen LogP contribution in [0, 0.1) is 10.1 Å². The van der Waals surface area contributed by atoms with Crippen molar-refractivity contribution in [3.8, 4) is 11.3 Å². The van der Waals surface area contributed by atoms with Crippen LogP contribution in [0.25, 0.3) is 22.3 Å². The first-order valence-electron chi connectivity index (χ1n) is 6.25. The van der Waals surface area contributed by atoms with Crippen LogP contribution < -0.4 is 0 Å². The van der Waals surface area contributed by atoms with E-state index in [1.165, 1.54) is 18.2 Å². The number of hydrogen-bond donors (Lipinski definition) is 0. The fraction of sp³-hybridized carbons (Fsp3) is 0. The Morgan fingerprint density at radius 2 is 1.62 bits per heavy atom. The van der Waals surface area contributed by atoms with Gasteiger partial charge in [0.25, 0.3) is 5.69 Å². The van der Waals surface area contributed by atoms with E-state index in [0.29, 0.717) is 28.0 Å². The largest absolute Gasteiger partial charge is 0.287 e. The van der Waals surface area contributed by atoms with Gasteiger partial charge in [0.05, 0.1) is 16.0 Å². The van der Waals surface area contributed by atoms with Crippen LogP contribution in [0.5, 0.6) is 0 Å². The van der Waals surface area contributed by atoms with E-state index in [0.717, 1.165) is 5.56 Å². The molecule has 0 radical (unpaired) electrons. The summed E-state index contributed by atoms with van der Waals surface area (Å²) >= 11 is 0. The number of nitrogens with zero attached hydrogens (tertiary/aromatic N) is 3. The molecule has 2 aromatic carbocycles. The summed E-state index contributed by atoms with van der Waals surface area (Å²) in [6, 6.07) is 11.4. The Bertz CT molecular complexity index is 950. The third kappa shape index (κ3) is 1.56. The Labute approximate surface area is 118 Å². The fourth-order valence-corrected chi connectivity index (χ4v) is 2.52. The van der Waals surface area contributed by atoms with Gasteiger partial charge in [-0.1, -0.05) is 24.3 Å². The molecule has 3 aromatic rings. The molecule has 0 atom stereocenters. The molecule has 6 heteroatoms. The SMILES string of the molecule is O=C1c2ccccc2-c2nc3cc([N+](=O)[O-])ccc3nc21. The van der Waals surface area contributed by atoms with Crippen LogP contribution in [0.3, 0.4) is 0 Å². The first-order valence-corrected chi connectivity index (χ1v) is 6.25. The smallest absolute Gasteiger partial charge is 0.271 e. The van der Waals surface area contributed by atoms with Gasteiger partial charge in [-0.05, 0) is 6.07 Å². The second-order valence-electron chi connectivity index (χ2n) is 4.73. The lowest BCUT2D eigenvalue weighted by Crippen LogP contribution is -2.00. The van der Waals surface area contributed by atoms with E-state index in [4.69, 9.17) is 0 Å². The molecule has 4 rings (SSSR count). The minimum absolute atomic E-state index is 0.0469. The van der Waals surface area contributed by atoms with Crippen LogP contribution in [0.2, 0.25) is 0 Å². The molecular formula is C15H7N3O3. The maximum atomic E-state index is 12.3. The predicted octanol–water partition coefficient (Wildman–Crippen LogP) is 2.75. The Balaban J connectivity index is 2.04. The molecule has 0 saturated heterocycles. The number of ketones is 1. The molecule has 100 valence electrons. The molecular weight excluding hydrogens is 270 g/mol. The van der Waals surface area contributed by atoms with E-state index in [1.807, 2.05) is 6.07 Å².